The molecule has 4 amide bonds. The lowest BCUT2D eigenvalue weighted by Crippen LogP contribution is -2.65. The molecule has 5 saturated heterocycles. The van der Waals surface area contributed by atoms with Gasteiger partial charge in [-0.05, 0) is 111 Å². The second-order valence-corrected chi connectivity index (χ2v) is 44.6. The van der Waals surface area contributed by atoms with Crippen LogP contribution in [0.2, 0.25) is 22.2 Å². The summed E-state index contributed by atoms with van der Waals surface area (Å²) in [7, 11) is -6.79. The van der Waals surface area contributed by atoms with E-state index in [4.69, 9.17) is 46.2 Å². The van der Waals surface area contributed by atoms with Gasteiger partial charge < -0.3 is 77.5 Å². The third-order valence-electron chi connectivity index (χ3n) is 23.7. The minimum Gasteiger partial charge on any atom is -0.414 e. The molecule has 0 saturated carbocycles. The molecule has 38 nitrogen and oxygen atoms in total. The van der Waals surface area contributed by atoms with Crippen LogP contribution < -0.4 is 21.3 Å². The fraction of sp³-hybridized carbons (Fsp3) is 0.462. The van der Waals surface area contributed by atoms with Crippen LogP contribution in [-0.4, -0.2) is 220 Å². The van der Waals surface area contributed by atoms with Crippen molar-refractivity contribution < 1.29 is 75.5 Å². The zero-order valence-electron chi connectivity index (χ0n) is 76.3. The Labute approximate surface area is 767 Å². The first-order valence-electron chi connectivity index (χ1n) is 44.7. The Morgan fingerprint density at radius 2 is 0.803 bits per heavy atom. The van der Waals surface area contributed by atoms with Crippen molar-refractivity contribution >= 4 is 117 Å². The quantitative estimate of drug-likeness (QED) is 0.0143. The number of nitrogens with zero attached hydrogens (tertiary/aromatic N) is 18. The van der Waals surface area contributed by atoms with E-state index in [0.29, 0.717) is 135 Å². The number of benzene rings is 4. The first kappa shape index (κ1) is 96.8. The molecule has 8 aromatic heterocycles. The molecule has 4 aromatic carbocycles. The Morgan fingerprint density at radius 1 is 0.462 bits per heavy atom. The van der Waals surface area contributed by atoms with E-state index < -0.39 is 50.2 Å². The molecular weight excluding hydrogens is 1740 g/mol. The number of amides is 4. The lowest BCUT2D eigenvalue weighted by molar-refractivity contribution is -0.0544. The van der Waals surface area contributed by atoms with Gasteiger partial charge in [0.15, 0.2) is 67.9 Å². The van der Waals surface area contributed by atoms with Crippen LogP contribution in [0.25, 0.3) is 44.7 Å². The average molecular weight is 1860 g/mol. The summed E-state index contributed by atoms with van der Waals surface area (Å²) in [6, 6.07) is 38.2. The van der Waals surface area contributed by atoms with Gasteiger partial charge in [-0.2, -0.15) is 5.26 Å². The largest absolute Gasteiger partial charge is 0.414 e. The smallest absolute Gasteiger partial charge is 0.335 e. The summed E-state index contributed by atoms with van der Waals surface area (Å²) >= 11 is 0. The molecule has 13 atom stereocenters. The van der Waals surface area contributed by atoms with Crippen LogP contribution in [0.3, 0.4) is 0 Å². The fourth-order valence-corrected chi connectivity index (χ4v) is 30.0. The first-order chi connectivity index (χ1) is 63.7. The zero-order chi connectivity index (χ0) is 93.7. The summed E-state index contributed by atoms with van der Waals surface area (Å²) in [5.74, 6) is 0.235. The Balaban J connectivity index is 0.000000144. The summed E-state index contributed by atoms with van der Waals surface area (Å²) in [6.07, 6.45) is 11.3. The molecule has 12 aromatic rings. The van der Waals surface area contributed by atoms with E-state index in [1.165, 1.54) is 31.6 Å². The number of anilines is 4. The Morgan fingerprint density at radius 3 is 1.13 bits per heavy atom. The number of hydrogen-bond acceptors (Lipinski definition) is 30. The van der Waals surface area contributed by atoms with E-state index in [0.717, 1.165) is 12.8 Å². The highest BCUT2D eigenvalue weighted by atomic mass is 31.2. The first-order valence-corrected chi connectivity index (χ1v) is 49.7. The molecule has 41 heteroatoms. The van der Waals surface area contributed by atoms with Crippen LogP contribution in [-0.2, 0) is 41.0 Å². The van der Waals surface area contributed by atoms with Gasteiger partial charge in [-0.25, -0.2) is 64.5 Å². The van der Waals surface area contributed by atoms with Crippen LogP contribution >= 0.6 is 8.53 Å². The standard InChI is InChI=1S/C29H43N5O5Si2.C27H36N7O4P.C18H19N5O3.C17H17N5O4/c1-18(2)40(19(3)4)36-15-24-23(38-41(39-40,20(5)6)21(7)8)14-25(37-24)34-17-32-26-27(30-16-31-28(26)34)33-29(35)22-12-10-9-11-13-22;1-6-21-22(38-39(36-14-10-13-28)34(18(2)3)19(4)5)15-23(37-21)33-17-31-24-25(29-16-30-26(24)33)32-27(35)20-11-8-7-9-12-20;1-2-13-12(24)8-14(26-13)23-10-21-15-16(19-9-20-17(15)23)22-18(25)11-6-4-3-5-7-11;23-7-12-11(24)6-13(26-12)22-9-20-14-15(18-8-19-16(14)22)21-17(25)10-4-2-1-3-5-10/h9-13,16-21,23-25H,14-15H2,1-8H3,(H,30,31,33,35);7-9,11-12,16-19,21-23H,6,10,14-15H2,1-5H3,(H,29,30,32,35);3-7,9-10,12-14,24H,2,8H2,1H3,(H,19,20,22,25);1-5,8-9,11-13,23-24H,6-7H2,(H,18,19,21,25)/t23-,24+,25-;21-,22+,23+,39?;12-,13+,14-;11-,12+,13-/m1011/s1. The second-order valence-electron chi connectivity index (χ2n) is 34.4. The van der Waals surface area contributed by atoms with Gasteiger partial charge in [0.1, 0.15) is 62.4 Å². The van der Waals surface area contributed by atoms with E-state index in [1.807, 2.05) is 52.5 Å². The Hall–Kier alpha value is -11.2. The molecule has 0 radical (unpaired) electrons. The van der Waals surface area contributed by atoms with Crippen molar-refractivity contribution in [2.75, 3.05) is 41.1 Å². The number of nitriles is 1. The van der Waals surface area contributed by atoms with Crippen molar-refractivity contribution in [3.05, 3.63) is 194 Å². The summed E-state index contributed by atoms with van der Waals surface area (Å²) in [4.78, 5) is 102. The van der Waals surface area contributed by atoms with E-state index in [9.17, 15) is 34.5 Å². The lowest BCUT2D eigenvalue weighted by atomic mass is 10.1. The van der Waals surface area contributed by atoms with Gasteiger partial charge in [0.05, 0.1) is 94.2 Å². The molecule has 7 N–H and O–H groups in total. The van der Waals surface area contributed by atoms with Crippen LogP contribution in [0.5, 0.6) is 0 Å². The van der Waals surface area contributed by atoms with E-state index in [2.05, 4.69) is 182 Å². The number of rotatable bonds is 27. The highest BCUT2D eigenvalue weighted by Crippen LogP contribution is 2.52. The minimum atomic E-state index is -2.74. The number of carbonyl (C=O) groups is 4. The maximum absolute atomic E-state index is 12.8. The number of hydrogen-bond donors (Lipinski definition) is 7. The number of aliphatic hydroxyl groups excluding tert-OH is 3. The number of nitrogens with one attached hydrogen (secondary N) is 4. The molecule has 0 aliphatic carbocycles. The SMILES string of the molecule is CC(C)[Si]1(C(C)C)OC[C@@H]2O[C@@H](n3cnc4c(NC(=O)c5ccccc5)ncnc43)C[C@H]2O[Si](C(C)C)(C(C)C)O1.CC[C@@H]1O[C@@H](n2cnc3c(NC(=O)c4ccccc4)ncnc32)C[C@H]1O.CC[C@@H]1O[C@@H](n2cnc3c(NC(=O)c4ccccc4)ncnc32)C[C@H]1OP(OCCC#N)N(C(C)C)C(C)C.O=C(Nc1ncnc2c1ncn2[C@H]1C[C@@H](O)[C@H](CO)O1)c1ccccc1. The van der Waals surface area contributed by atoms with E-state index in [1.54, 1.807) is 113 Å². The second kappa shape index (κ2) is 43.7. The fourth-order valence-electron chi connectivity index (χ4n) is 17.1. The van der Waals surface area contributed by atoms with E-state index >= 15 is 0 Å². The van der Waals surface area contributed by atoms with Gasteiger partial charge in [0.2, 0.25) is 0 Å². The average Bonchev–Trinajstić information content (AvgIpc) is 1.26. The molecule has 5 fully saturated rings. The predicted octanol–water partition coefficient (Wildman–Crippen LogP) is 14.6. The van der Waals surface area contributed by atoms with Crippen molar-refractivity contribution in [1.82, 2.24) is 82.7 Å². The Kier molecular flexibility index (Phi) is 32.0. The highest BCUT2D eigenvalue weighted by molar-refractivity contribution is 7.44. The van der Waals surface area contributed by atoms with Gasteiger partial charge in [-0.3, -0.25) is 37.4 Å². The summed E-state index contributed by atoms with van der Waals surface area (Å²) < 4.78 is 68.1. The maximum atomic E-state index is 12.8. The number of fused-ring (bicyclic) bond motifs is 5. The van der Waals surface area contributed by atoms with Gasteiger partial charge >= 0.3 is 17.1 Å². The minimum absolute atomic E-state index is 0.155. The lowest BCUT2D eigenvalue weighted by Gasteiger charge is -2.51. The van der Waals surface area contributed by atoms with Crippen molar-refractivity contribution in [1.29, 1.82) is 5.26 Å². The normalized spacial score (nSPS) is 22.4. The van der Waals surface area contributed by atoms with Gasteiger partial charge in [-0.1, -0.05) is 142 Å². The molecule has 5 aliphatic rings. The topological polar surface area (TPSA) is 462 Å². The van der Waals surface area contributed by atoms with Gasteiger partial charge in [-0.15, -0.1) is 0 Å². The van der Waals surface area contributed by atoms with Crippen molar-refractivity contribution in [3.8, 4) is 6.07 Å². The van der Waals surface area contributed by atoms with Crippen molar-refractivity contribution in [3.63, 3.8) is 0 Å². The van der Waals surface area contributed by atoms with Crippen LogP contribution in [0.15, 0.2) is 172 Å². The molecular formula is C91H115N22O16PSi2. The molecule has 0 bridgehead atoms. The number of aliphatic hydroxyl groups is 3. The van der Waals surface area contributed by atoms with Gasteiger partial charge in [0, 0.05) is 60.0 Å². The molecule has 13 heterocycles. The number of ether oxygens (including phenoxy) is 4. The molecule has 1 unspecified atom stereocenters. The third kappa shape index (κ3) is 21.5. The van der Waals surface area contributed by atoms with Crippen LogP contribution in [0.1, 0.15) is 208 Å². The highest BCUT2D eigenvalue weighted by Gasteiger charge is 2.60. The maximum Gasteiger partial charge on any atom is 0.335 e. The Bertz CT molecular complexity index is 5750. The molecule has 5 aliphatic heterocycles. The molecule has 17 rings (SSSR count). The number of carbonyl (C=O) groups excluding carboxylic acids is 4. The number of imidazole rings is 4. The monoisotopic (exact) mass is 1860 g/mol. The van der Waals surface area contributed by atoms with Gasteiger partial charge in [0.25, 0.3) is 32.2 Å². The summed E-state index contributed by atoms with van der Waals surface area (Å²) in [6.45, 7) is 30.7. The molecule has 698 valence electrons. The predicted molar refractivity (Wildman–Crippen MR) is 497 cm³/mol. The van der Waals surface area contributed by atoms with Crippen LogP contribution in [0.4, 0.5) is 23.3 Å². The molecule has 132 heavy (non-hydrogen) atoms. The third-order valence-corrected chi connectivity index (χ3v) is 36.2. The van der Waals surface area contributed by atoms with Crippen molar-refractivity contribution in [2.45, 2.75) is 250 Å². The number of aromatic nitrogens is 16. The summed E-state index contributed by atoms with van der Waals surface area (Å²) in [5.41, 5.74) is 7.18. The molecule has 0 spiro atoms. The zero-order valence-corrected chi connectivity index (χ0v) is 79.2. The van der Waals surface area contributed by atoms with E-state index in [-0.39, 0.29) is 114 Å². The van der Waals surface area contributed by atoms with Crippen LogP contribution in [0, 0.1) is 11.3 Å². The summed E-state index contributed by atoms with van der Waals surface area (Å²) in [5, 5.41) is 49.5. The van der Waals surface area contributed by atoms with Crippen molar-refractivity contribution in [2.24, 2.45) is 0 Å².